The first kappa shape index (κ1) is 9.03. The topological polar surface area (TPSA) is 43.7 Å². The molecule has 0 saturated heterocycles. The highest BCUT2D eigenvalue weighted by atomic mass is 16.8. The van der Waals surface area contributed by atoms with Crippen LogP contribution in [0.5, 0.6) is 0 Å². The molecule has 0 aliphatic carbocycles. The van der Waals surface area contributed by atoms with Crippen LogP contribution in [-0.4, -0.2) is 10.4 Å². The molecule has 0 unspecified atom stereocenters. The first-order valence-corrected chi connectivity index (χ1v) is 3.89. The van der Waals surface area contributed by atoms with Gasteiger partial charge in [0.1, 0.15) is 0 Å². The van der Waals surface area contributed by atoms with Gasteiger partial charge in [-0.1, -0.05) is 32.0 Å². The molecule has 3 heteroatoms. The molecule has 3 nitrogen and oxygen atoms in total. The average Bonchev–Trinajstić information content (AvgIpc) is 2.04. The highest BCUT2D eigenvalue weighted by Gasteiger charge is 2.08. The minimum absolute atomic E-state index is 0.162. The molecular formula is C9H13NO2. The third kappa shape index (κ3) is 1.75. The molecule has 0 radical (unpaired) electrons. The fourth-order valence-electron chi connectivity index (χ4n) is 1.16. The molecule has 0 atom stereocenters. The van der Waals surface area contributed by atoms with Gasteiger partial charge in [0.05, 0.1) is 5.69 Å². The summed E-state index contributed by atoms with van der Waals surface area (Å²) in [6.45, 7) is 4.00. The number of benzene rings is 1. The monoisotopic (exact) mass is 167 g/mol. The van der Waals surface area contributed by atoms with Gasteiger partial charge in [-0.3, -0.25) is 10.4 Å². The van der Waals surface area contributed by atoms with E-state index in [2.05, 4.69) is 0 Å². The van der Waals surface area contributed by atoms with E-state index in [0.29, 0.717) is 5.69 Å². The molecule has 0 heterocycles. The van der Waals surface area contributed by atoms with E-state index in [-0.39, 0.29) is 11.1 Å². The highest BCUT2D eigenvalue weighted by Crippen LogP contribution is 2.24. The normalized spacial score (nSPS) is 10.4. The predicted molar refractivity (Wildman–Crippen MR) is 46.6 cm³/mol. The van der Waals surface area contributed by atoms with Crippen molar-refractivity contribution in [1.29, 1.82) is 0 Å². The van der Waals surface area contributed by atoms with Gasteiger partial charge in [-0.25, -0.2) is 0 Å². The second-order valence-corrected chi connectivity index (χ2v) is 3.00. The number of nitrogens with zero attached hydrogens (tertiary/aromatic N) is 1. The van der Waals surface area contributed by atoms with Crippen molar-refractivity contribution < 1.29 is 10.4 Å². The fourth-order valence-corrected chi connectivity index (χ4v) is 1.16. The van der Waals surface area contributed by atoms with Gasteiger partial charge >= 0.3 is 0 Å². The summed E-state index contributed by atoms with van der Waals surface area (Å²) in [6.07, 6.45) is 0. The Morgan fingerprint density at radius 3 is 2.17 bits per heavy atom. The van der Waals surface area contributed by atoms with E-state index in [1.807, 2.05) is 26.0 Å². The molecule has 0 fully saturated rings. The van der Waals surface area contributed by atoms with E-state index in [0.717, 1.165) is 5.56 Å². The molecule has 1 aromatic carbocycles. The van der Waals surface area contributed by atoms with E-state index in [1.54, 1.807) is 12.1 Å². The summed E-state index contributed by atoms with van der Waals surface area (Å²) in [7, 11) is 0. The maximum absolute atomic E-state index is 8.84. The van der Waals surface area contributed by atoms with Crippen LogP contribution in [0.25, 0.3) is 0 Å². The van der Waals surface area contributed by atoms with Crippen LogP contribution in [-0.2, 0) is 0 Å². The summed E-state index contributed by atoms with van der Waals surface area (Å²) in [4.78, 5) is 0. The second-order valence-electron chi connectivity index (χ2n) is 3.00. The Morgan fingerprint density at radius 1 is 1.17 bits per heavy atom. The minimum atomic E-state index is 0.162. The Hall–Kier alpha value is -1.06. The number of rotatable bonds is 2. The van der Waals surface area contributed by atoms with E-state index in [9.17, 15) is 0 Å². The molecule has 0 amide bonds. The maximum atomic E-state index is 8.84. The van der Waals surface area contributed by atoms with Crippen molar-refractivity contribution in [3.63, 3.8) is 0 Å². The molecule has 1 rings (SSSR count). The van der Waals surface area contributed by atoms with Crippen molar-refractivity contribution in [3.8, 4) is 0 Å². The Labute approximate surface area is 71.8 Å². The van der Waals surface area contributed by atoms with Crippen LogP contribution >= 0.6 is 0 Å². The molecule has 0 aromatic heterocycles. The molecule has 0 saturated carbocycles. The minimum Gasteiger partial charge on any atom is -0.264 e. The lowest BCUT2D eigenvalue weighted by Gasteiger charge is -2.15. The molecule has 0 aliphatic rings. The Balaban J connectivity index is 3.09. The van der Waals surface area contributed by atoms with Gasteiger partial charge in [0.2, 0.25) is 0 Å². The van der Waals surface area contributed by atoms with Gasteiger partial charge in [0.25, 0.3) is 0 Å². The van der Waals surface area contributed by atoms with Crippen molar-refractivity contribution in [3.05, 3.63) is 29.8 Å². The highest BCUT2D eigenvalue weighted by molar-refractivity contribution is 5.50. The van der Waals surface area contributed by atoms with Crippen LogP contribution < -0.4 is 5.23 Å². The SMILES string of the molecule is CC(C)c1ccccc1N(O)O. The lowest BCUT2D eigenvalue weighted by atomic mass is 10.0. The lowest BCUT2D eigenvalue weighted by Crippen LogP contribution is -2.13. The smallest absolute Gasteiger partial charge is 0.0977 e. The van der Waals surface area contributed by atoms with Crippen LogP contribution in [0, 0.1) is 0 Å². The maximum Gasteiger partial charge on any atom is 0.0977 e. The van der Waals surface area contributed by atoms with E-state index < -0.39 is 0 Å². The molecular weight excluding hydrogens is 154 g/mol. The predicted octanol–water partition coefficient (Wildman–Crippen LogP) is 2.39. The van der Waals surface area contributed by atoms with Crippen LogP contribution in [0.4, 0.5) is 5.69 Å². The standard InChI is InChI=1S/C9H13NO2/c1-7(2)8-5-3-4-6-9(8)10(11)12/h3-7,11-12H,1-2H3. The molecule has 0 bridgehead atoms. The first-order valence-electron chi connectivity index (χ1n) is 3.89. The number of anilines is 1. The van der Waals surface area contributed by atoms with Crippen LogP contribution in [0.15, 0.2) is 24.3 Å². The molecule has 66 valence electrons. The van der Waals surface area contributed by atoms with E-state index >= 15 is 0 Å². The average molecular weight is 167 g/mol. The summed E-state index contributed by atoms with van der Waals surface area (Å²) < 4.78 is 0. The number of hydrogen-bond donors (Lipinski definition) is 2. The molecule has 12 heavy (non-hydrogen) atoms. The molecule has 2 N–H and O–H groups in total. The van der Waals surface area contributed by atoms with E-state index in [1.165, 1.54) is 0 Å². The summed E-state index contributed by atoms with van der Waals surface area (Å²) in [6, 6.07) is 7.18. The van der Waals surface area contributed by atoms with Crippen molar-refractivity contribution in [2.24, 2.45) is 0 Å². The molecule has 0 spiro atoms. The van der Waals surface area contributed by atoms with Crippen molar-refractivity contribution >= 4 is 5.69 Å². The van der Waals surface area contributed by atoms with E-state index in [4.69, 9.17) is 10.4 Å². The zero-order chi connectivity index (χ0) is 9.14. The van der Waals surface area contributed by atoms with Crippen molar-refractivity contribution in [1.82, 2.24) is 0 Å². The zero-order valence-electron chi connectivity index (χ0n) is 7.23. The Morgan fingerprint density at radius 2 is 1.75 bits per heavy atom. The first-order chi connectivity index (χ1) is 5.63. The van der Waals surface area contributed by atoms with Crippen molar-refractivity contribution in [2.75, 3.05) is 5.23 Å². The Kier molecular flexibility index (Phi) is 2.68. The van der Waals surface area contributed by atoms with Crippen molar-refractivity contribution in [2.45, 2.75) is 19.8 Å². The van der Waals surface area contributed by atoms with Gasteiger partial charge < -0.3 is 0 Å². The lowest BCUT2D eigenvalue weighted by molar-refractivity contribution is 0.0285. The van der Waals surface area contributed by atoms with Gasteiger partial charge in [0.15, 0.2) is 0 Å². The van der Waals surface area contributed by atoms with Gasteiger partial charge in [0, 0.05) is 0 Å². The fraction of sp³-hybridized carbons (Fsp3) is 0.333. The third-order valence-corrected chi connectivity index (χ3v) is 1.77. The zero-order valence-corrected chi connectivity index (χ0v) is 7.23. The van der Waals surface area contributed by atoms with Crippen LogP contribution in [0.2, 0.25) is 0 Å². The summed E-state index contributed by atoms with van der Waals surface area (Å²) in [5.41, 5.74) is 1.36. The summed E-state index contributed by atoms with van der Waals surface area (Å²) >= 11 is 0. The number of hydrogen-bond acceptors (Lipinski definition) is 3. The number of para-hydroxylation sites is 1. The van der Waals surface area contributed by atoms with Gasteiger partial charge in [-0.15, -0.1) is 5.23 Å². The molecule has 0 aliphatic heterocycles. The third-order valence-electron chi connectivity index (χ3n) is 1.77. The summed E-state index contributed by atoms with van der Waals surface area (Å²) in [5.74, 6) is 0.281. The molecule has 1 aromatic rings. The summed E-state index contributed by atoms with van der Waals surface area (Å²) in [5, 5.41) is 17.8. The second kappa shape index (κ2) is 3.56. The van der Waals surface area contributed by atoms with Gasteiger partial charge in [-0.2, -0.15) is 0 Å². The van der Waals surface area contributed by atoms with Crippen LogP contribution in [0.1, 0.15) is 25.3 Å². The quantitative estimate of drug-likeness (QED) is 0.665. The van der Waals surface area contributed by atoms with Crippen LogP contribution in [0.3, 0.4) is 0 Å². The Bertz CT molecular complexity index is 231. The van der Waals surface area contributed by atoms with Gasteiger partial charge in [-0.05, 0) is 17.5 Å². The largest absolute Gasteiger partial charge is 0.264 e.